The van der Waals surface area contributed by atoms with E-state index in [2.05, 4.69) is 19.9 Å². The molecule has 1 heteroatoms. The average Bonchev–Trinajstić information content (AvgIpc) is 2.09. The molecule has 0 aliphatic rings. The number of allylic oxidation sites excluding steroid dienone is 1. The number of hydrogen-bond donors (Lipinski definition) is 1. The van der Waals surface area contributed by atoms with Gasteiger partial charge in [-0.3, -0.25) is 0 Å². The highest BCUT2D eigenvalue weighted by atomic mass is 16.2. The minimum absolute atomic E-state index is 0.284. The fourth-order valence-electron chi connectivity index (χ4n) is 1.24. The first-order valence-electron chi connectivity index (χ1n) is 5.07. The molecule has 0 bridgehead atoms. The molecular weight excluding hydrogens is 148 g/mol. The highest BCUT2D eigenvalue weighted by Crippen LogP contribution is 2.09. The Morgan fingerprint density at radius 1 is 1.25 bits per heavy atom. The van der Waals surface area contributed by atoms with E-state index in [0.717, 1.165) is 6.42 Å². The van der Waals surface area contributed by atoms with Crippen molar-refractivity contribution in [2.24, 2.45) is 0 Å². The second-order valence-electron chi connectivity index (χ2n) is 3.37. The first-order chi connectivity index (χ1) is 5.81. The molecule has 72 valence electrons. The molecule has 0 rings (SSSR count). The van der Waals surface area contributed by atoms with Gasteiger partial charge in [-0.2, -0.15) is 0 Å². The second kappa shape index (κ2) is 8.79. The molecule has 0 fully saturated rings. The van der Waals surface area contributed by atoms with Gasteiger partial charge < -0.3 is 5.11 Å². The van der Waals surface area contributed by atoms with E-state index >= 15 is 0 Å². The lowest BCUT2D eigenvalue weighted by Gasteiger charge is -2.00. The van der Waals surface area contributed by atoms with Crippen molar-refractivity contribution < 1.29 is 5.11 Å². The van der Waals surface area contributed by atoms with Gasteiger partial charge >= 0.3 is 0 Å². The summed E-state index contributed by atoms with van der Waals surface area (Å²) >= 11 is 0. The van der Waals surface area contributed by atoms with Gasteiger partial charge in [0.2, 0.25) is 0 Å². The standard InChI is InChI=1S/C11H22O/c1-3-4-5-6-8-11(2)9-7-10-12/h9,12H,3-8,10H2,1-2H3/b11-9+. The Bertz CT molecular complexity index is 116. The van der Waals surface area contributed by atoms with Gasteiger partial charge in [-0.1, -0.05) is 37.8 Å². The van der Waals surface area contributed by atoms with Crippen molar-refractivity contribution in [2.75, 3.05) is 6.61 Å². The quantitative estimate of drug-likeness (QED) is 0.459. The third-order valence-electron chi connectivity index (χ3n) is 2.05. The largest absolute Gasteiger partial charge is 0.396 e. The predicted octanol–water partition coefficient (Wildman–Crippen LogP) is 3.29. The molecule has 12 heavy (non-hydrogen) atoms. The Kier molecular flexibility index (Phi) is 8.57. The summed E-state index contributed by atoms with van der Waals surface area (Å²) in [5.74, 6) is 0. The van der Waals surface area contributed by atoms with Gasteiger partial charge in [-0.25, -0.2) is 0 Å². The molecule has 1 N–H and O–H groups in total. The summed E-state index contributed by atoms with van der Waals surface area (Å²) in [6.07, 6.45) is 9.49. The van der Waals surface area contributed by atoms with Crippen LogP contribution in [-0.2, 0) is 0 Å². The van der Waals surface area contributed by atoms with E-state index in [9.17, 15) is 0 Å². The maximum absolute atomic E-state index is 8.58. The molecule has 0 aliphatic carbocycles. The van der Waals surface area contributed by atoms with Crippen molar-refractivity contribution in [2.45, 2.75) is 52.4 Å². The number of aliphatic hydroxyl groups is 1. The lowest BCUT2D eigenvalue weighted by Crippen LogP contribution is -1.82. The Labute approximate surface area is 76.5 Å². The summed E-state index contributed by atoms with van der Waals surface area (Å²) in [5.41, 5.74) is 1.43. The van der Waals surface area contributed by atoms with Crippen LogP contribution in [0.4, 0.5) is 0 Å². The van der Waals surface area contributed by atoms with E-state index < -0.39 is 0 Å². The molecule has 0 amide bonds. The summed E-state index contributed by atoms with van der Waals surface area (Å²) < 4.78 is 0. The van der Waals surface area contributed by atoms with E-state index in [1.165, 1.54) is 37.7 Å². The number of hydrogen-bond acceptors (Lipinski definition) is 1. The van der Waals surface area contributed by atoms with Crippen LogP contribution in [0.25, 0.3) is 0 Å². The number of unbranched alkanes of at least 4 members (excludes halogenated alkanes) is 3. The zero-order valence-electron chi connectivity index (χ0n) is 8.47. The van der Waals surface area contributed by atoms with E-state index in [1.54, 1.807) is 0 Å². The van der Waals surface area contributed by atoms with Crippen molar-refractivity contribution in [1.82, 2.24) is 0 Å². The van der Waals surface area contributed by atoms with E-state index in [0.29, 0.717) is 0 Å². The molecule has 0 aliphatic heterocycles. The van der Waals surface area contributed by atoms with Crippen LogP contribution in [-0.4, -0.2) is 11.7 Å². The van der Waals surface area contributed by atoms with Gasteiger partial charge in [0.1, 0.15) is 0 Å². The molecule has 0 aromatic carbocycles. The highest BCUT2D eigenvalue weighted by Gasteiger charge is 1.90. The number of rotatable bonds is 7. The maximum Gasteiger partial charge on any atom is 0.0465 e. The van der Waals surface area contributed by atoms with Crippen LogP contribution >= 0.6 is 0 Å². The Balaban J connectivity index is 3.24. The molecule has 0 spiro atoms. The van der Waals surface area contributed by atoms with Gasteiger partial charge in [-0.15, -0.1) is 0 Å². The van der Waals surface area contributed by atoms with Gasteiger partial charge in [0.05, 0.1) is 0 Å². The van der Waals surface area contributed by atoms with Crippen LogP contribution in [0, 0.1) is 0 Å². The lowest BCUT2D eigenvalue weighted by atomic mass is 10.1. The fourth-order valence-corrected chi connectivity index (χ4v) is 1.24. The third-order valence-corrected chi connectivity index (χ3v) is 2.05. The third kappa shape index (κ3) is 7.80. The predicted molar refractivity (Wildman–Crippen MR) is 54.2 cm³/mol. The van der Waals surface area contributed by atoms with Crippen LogP contribution in [0.2, 0.25) is 0 Å². The zero-order valence-corrected chi connectivity index (χ0v) is 8.47. The van der Waals surface area contributed by atoms with Crippen LogP contribution in [0.15, 0.2) is 11.6 Å². The van der Waals surface area contributed by atoms with Crippen molar-refractivity contribution in [3.8, 4) is 0 Å². The Morgan fingerprint density at radius 3 is 2.58 bits per heavy atom. The first-order valence-corrected chi connectivity index (χ1v) is 5.07. The van der Waals surface area contributed by atoms with Gasteiger partial charge in [0.15, 0.2) is 0 Å². The van der Waals surface area contributed by atoms with Crippen molar-refractivity contribution in [1.29, 1.82) is 0 Å². The minimum Gasteiger partial charge on any atom is -0.396 e. The Morgan fingerprint density at radius 2 is 2.00 bits per heavy atom. The summed E-state index contributed by atoms with van der Waals surface area (Å²) in [4.78, 5) is 0. The molecule has 0 radical (unpaired) electrons. The summed E-state index contributed by atoms with van der Waals surface area (Å²) in [5, 5.41) is 8.58. The summed E-state index contributed by atoms with van der Waals surface area (Å²) in [7, 11) is 0. The van der Waals surface area contributed by atoms with E-state index in [4.69, 9.17) is 5.11 Å². The lowest BCUT2D eigenvalue weighted by molar-refractivity contribution is 0.302. The molecule has 0 heterocycles. The molecule has 0 aromatic rings. The van der Waals surface area contributed by atoms with Crippen molar-refractivity contribution >= 4 is 0 Å². The van der Waals surface area contributed by atoms with Crippen LogP contribution in [0.3, 0.4) is 0 Å². The molecule has 0 saturated heterocycles. The van der Waals surface area contributed by atoms with Crippen molar-refractivity contribution in [3.05, 3.63) is 11.6 Å². The maximum atomic E-state index is 8.58. The van der Waals surface area contributed by atoms with E-state index in [-0.39, 0.29) is 6.61 Å². The molecular formula is C11H22O. The zero-order chi connectivity index (χ0) is 9.23. The molecule has 0 saturated carbocycles. The molecule has 0 aromatic heterocycles. The van der Waals surface area contributed by atoms with E-state index in [1.807, 2.05) is 0 Å². The van der Waals surface area contributed by atoms with Crippen molar-refractivity contribution in [3.63, 3.8) is 0 Å². The molecule has 0 atom stereocenters. The molecule has 1 nitrogen and oxygen atoms in total. The fraction of sp³-hybridized carbons (Fsp3) is 0.818. The smallest absolute Gasteiger partial charge is 0.0465 e. The highest BCUT2D eigenvalue weighted by molar-refractivity contribution is 4.97. The minimum atomic E-state index is 0.284. The van der Waals surface area contributed by atoms with Crippen LogP contribution < -0.4 is 0 Å². The topological polar surface area (TPSA) is 20.2 Å². The second-order valence-corrected chi connectivity index (χ2v) is 3.37. The van der Waals surface area contributed by atoms with Gasteiger partial charge in [-0.05, 0) is 26.2 Å². The first kappa shape index (κ1) is 11.7. The Hall–Kier alpha value is -0.300. The molecule has 0 unspecified atom stereocenters. The van der Waals surface area contributed by atoms with Crippen LogP contribution in [0.5, 0.6) is 0 Å². The summed E-state index contributed by atoms with van der Waals surface area (Å²) in [6, 6.07) is 0. The normalized spacial score (nSPS) is 12.1. The van der Waals surface area contributed by atoms with Crippen LogP contribution in [0.1, 0.15) is 52.4 Å². The SMILES string of the molecule is CCCCCC/C(C)=C/CCO. The van der Waals surface area contributed by atoms with Gasteiger partial charge in [0.25, 0.3) is 0 Å². The number of aliphatic hydroxyl groups excluding tert-OH is 1. The average molecular weight is 170 g/mol. The monoisotopic (exact) mass is 170 g/mol. The summed E-state index contributed by atoms with van der Waals surface area (Å²) in [6.45, 7) is 4.67. The van der Waals surface area contributed by atoms with Gasteiger partial charge in [0, 0.05) is 6.61 Å².